The van der Waals surface area contributed by atoms with Gasteiger partial charge in [-0.15, -0.1) is 4.99 Å². The lowest BCUT2D eigenvalue weighted by molar-refractivity contribution is -0.429. The van der Waals surface area contributed by atoms with Crippen LogP contribution in [0.5, 0.6) is 0 Å². The molecule has 0 N–H and O–H groups in total. The highest BCUT2D eigenvalue weighted by Gasteiger charge is 2.27. The fourth-order valence-corrected chi connectivity index (χ4v) is 1.59. The van der Waals surface area contributed by atoms with Crippen molar-refractivity contribution in [2.24, 2.45) is 5.92 Å². The van der Waals surface area contributed by atoms with Crippen LogP contribution in [-0.2, 0) is 19.4 Å². The molecule has 1 unspecified atom stereocenters. The summed E-state index contributed by atoms with van der Waals surface area (Å²) in [5.74, 6) is -0.221. The molecule has 88 valence electrons. The Morgan fingerprint density at radius 2 is 2.20 bits per heavy atom. The first-order valence-corrected chi connectivity index (χ1v) is 5.49. The van der Waals surface area contributed by atoms with Gasteiger partial charge in [0.05, 0.1) is 19.1 Å². The van der Waals surface area contributed by atoms with E-state index in [-0.39, 0.29) is 11.9 Å². The van der Waals surface area contributed by atoms with Crippen LogP contribution in [0.25, 0.3) is 0 Å². The highest BCUT2D eigenvalue weighted by Crippen LogP contribution is 2.18. The molecule has 0 spiro atoms. The highest BCUT2D eigenvalue weighted by molar-refractivity contribution is 5.72. The van der Waals surface area contributed by atoms with Gasteiger partial charge in [-0.05, 0) is 26.7 Å². The average molecular weight is 217 g/mol. The van der Waals surface area contributed by atoms with Gasteiger partial charge in [0.25, 0.3) is 0 Å². The van der Waals surface area contributed by atoms with Crippen molar-refractivity contribution in [1.29, 1.82) is 0 Å². The fourth-order valence-electron chi connectivity index (χ4n) is 1.59. The van der Waals surface area contributed by atoms with E-state index in [1.165, 1.54) is 0 Å². The molecule has 1 rings (SSSR count). The predicted molar refractivity (Wildman–Crippen MR) is 53.6 cm³/mol. The van der Waals surface area contributed by atoms with E-state index >= 15 is 0 Å². The molecular weight excluding hydrogens is 198 g/mol. The molecule has 1 aliphatic heterocycles. The highest BCUT2D eigenvalue weighted by atomic mass is 17.3. The molecule has 0 aromatic heterocycles. The zero-order chi connectivity index (χ0) is 11.1. The van der Waals surface area contributed by atoms with Crippen LogP contribution in [0.15, 0.2) is 0 Å². The molecule has 5 heteroatoms. The zero-order valence-electron chi connectivity index (χ0n) is 9.40. The summed E-state index contributed by atoms with van der Waals surface area (Å²) in [5.41, 5.74) is 0. The molecular formula is C10H19NO4. The number of carbonyl (C=O) groups is 1. The van der Waals surface area contributed by atoms with Crippen molar-refractivity contribution in [2.45, 2.75) is 26.7 Å². The summed E-state index contributed by atoms with van der Waals surface area (Å²) in [7, 11) is 0. The average Bonchev–Trinajstić information content (AvgIpc) is 2.27. The van der Waals surface area contributed by atoms with Crippen LogP contribution in [0.3, 0.4) is 0 Å². The normalized spacial score (nSPS) is 22.7. The van der Waals surface area contributed by atoms with E-state index in [0.29, 0.717) is 19.8 Å². The van der Waals surface area contributed by atoms with Gasteiger partial charge in [-0.2, -0.15) is 5.06 Å². The monoisotopic (exact) mass is 217 g/mol. The van der Waals surface area contributed by atoms with Crippen molar-refractivity contribution in [1.82, 2.24) is 5.06 Å². The Hall–Kier alpha value is -0.650. The third-order valence-corrected chi connectivity index (χ3v) is 2.28. The van der Waals surface area contributed by atoms with Gasteiger partial charge in [0.2, 0.25) is 0 Å². The number of esters is 1. The third-order valence-electron chi connectivity index (χ3n) is 2.28. The summed E-state index contributed by atoms with van der Waals surface area (Å²) in [6, 6.07) is 0. The SMILES string of the molecule is CCOON1CCCC(C(=O)OCC)C1. The first-order chi connectivity index (χ1) is 7.27. The third kappa shape index (κ3) is 4.15. The first kappa shape index (κ1) is 12.4. The van der Waals surface area contributed by atoms with Crippen LogP contribution in [0.2, 0.25) is 0 Å². The van der Waals surface area contributed by atoms with Crippen LogP contribution in [0.4, 0.5) is 0 Å². The van der Waals surface area contributed by atoms with Gasteiger partial charge in [-0.25, -0.2) is 4.89 Å². The van der Waals surface area contributed by atoms with Crippen LogP contribution in [0.1, 0.15) is 26.7 Å². The Kier molecular flexibility index (Phi) is 5.60. The topological polar surface area (TPSA) is 48.0 Å². The van der Waals surface area contributed by atoms with Crippen molar-refractivity contribution in [3.8, 4) is 0 Å². The van der Waals surface area contributed by atoms with E-state index in [4.69, 9.17) is 14.6 Å². The number of hydroxylamine groups is 2. The Morgan fingerprint density at radius 3 is 2.87 bits per heavy atom. The van der Waals surface area contributed by atoms with Crippen molar-refractivity contribution in [2.75, 3.05) is 26.3 Å². The summed E-state index contributed by atoms with van der Waals surface area (Å²) >= 11 is 0. The van der Waals surface area contributed by atoms with Gasteiger partial charge >= 0.3 is 5.97 Å². The minimum Gasteiger partial charge on any atom is -0.466 e. The van der Waals surface area contributed by atoms with E-state index in [1.807, 2.05) is 13.8 Å². The second-order valence-electron chi connectivity index (χ2n) is 3.46. The molecule has 0 bridgehead atoms. The molecule has 0 aromatic rings. The minimum absolute atomic E-state index is 0.0841. The molecule has 0 aromatic carbocycles. The molecule has 1 fully saturated rings. The molecule has 1 atom stereocenters. The second-order valence-corrected chi connectivity index (χ2v) is 3.46. The van der Waals surface area contributed by atoms with Crippen LogP contribution in [-0.4, -0.2) is 37.3 Å². The van der Waals surface area contributed by atoms with Crippen molar-refractivity contribution in [3.63, 3.8) is 0 Å². The Morgan fingerprint density at radius 1 is 1.40 bits per heavy atom. The standard InChI is InChI=1S/C10H19NO4/c1-3-13-10(12)9-6-5-7-11(8-9)15-14-4-2/h9H,3-8H2,1-2H3. The fraction of sp³-hybridized carbons (Fsp3) is 0.900. The van der Waals surface area contributed by atoms with Gasteiger partial charge in [0.1, 0.15) is 0 Å². The van der Waals surface area contributed by atoms with E-state index in [1.54, 1.807) is 5.06 Å². The zero-order valence-corrected chi connectivity index (χ0v) is 9.40. The maximum absolute atomic E-state index is 11.5. The van der Waals surface area contributed by atoms with E-state index in [9.17, 15) is 4.79 Å². The number of hydrogen-bond donors (Lipinski definition) is 0. The van der Waals surface area contributed by atoms with Crippen molar-refractivity contribution >= 4 is 5.97 Å². The molecule has 1 aliphatic rings. The van der Waals surface area contributed by atoms with Gasteiger partial charge in [-0.1, -0.05) is 0 Å². The summed E-state index contributed by atoms with van der Waals surface area (Å²) in [6.45, 7) is 5.96. The number of ether oxygens (including phenoxy) is 1. The molecule has 1 heterocycles. The maximum atomic E-state index is 11.5. The lowest BCUT2D eigenvalue weighted by atomic mass is 10.00. The van der Waals surface area contributed by atoms with E-state index in [2.05, 4.69) is 0 Å². The van der Waals surface area contributed by atoms with E-state index in [0.717, 1.165) is 19.4 Å². The van der Waals surface area contributed by atoms with Crippen LogP contribution < -0.4 is 0 Å². The minimum atomic E-state index is -0.137. The second kappa shape index (κ2) is 6.76. The quantitative estimate of drug-likeness (QED) is 0.392. The molecule has 1 saturated heterocycles. The number of nitrogens with zero attached hydrogens (tertiary/aromatic N) is 1. The predicted octanol–water partition coefficient (Wildman–Crippen LogP) is 1.14. The van der Waals surface area contributed by atoms with Crippen molar-refractivity contribution < 1.29 is 19.4 Å². The lowest BCUT2D eigenvalue weighted by Gasteiger charge is -2.28. The molecule has 0 aliphatic carbocycles. The first-order valence-electron chi connectivity index (χ1n) is 5.49. The Labute approximate surface area is 90.2 Å². The molecule has 0 amide bonds. The van der Waals surface area contributed by atoms with Crippen LogP contribution >= 0.6 is 0 Å². The van der Waals surface area contributed by atoms with Crippen LogP contribution in [0, 0.1) is 5.92 Å². The summed E-state index contributed by atoms with van der Waals surface area (Å²) in [5, 5.41) is 1.68. The number of carbonyl (C=O) groups excluding carboxylic acids is 1. The summed E-state index contributed by atoms with van der Waals surface area (Å²) in [4.78, 5) is 21.3. The summed E-state index contributed by atoms with van der Waals surface area (Å²) < 4.78 is 4.97. The number of hydrogen-bond acceptors (Lipinski definition) is 5. The smallest absolute Gasteiger partial charge is 0.310 e. The number of piperidine rings is 1. The molecule has 15 heavy (non-hydrogen) atoms. The lowest BCUT2D eigenvalue weighted by Crippen LogP contribution is -2.39. The maximum Gasteiger partial charge on any atom is 0.310 e. The number of rotatable bonds is 5. The van der Waals surface area contributed by atoms with E-state index < -0.39 is 0 Å². The van der Waals surface area contributed by atoms with Gasteiger partial charge in [0, 0.05) is 13.1 Å². The molecule has 5 nitrogen and oxygen atoms in total. The summed E-state index contributed by atoms with van der Waals surface area (Å²) in [6.07, 6.45) is 1.79. The molecule has 0 saturated carbocycles. The Balaban J connectivity index is 2.31. The van der Waals surface area contributed by atoms with Gasteiger partial charge < -0.3 is 4.74 Å². The van der Waals surface area contributed by atoms with Gasteiger partial charge in [-0.3, -0.25) is 4.79 Å². The molecule has 0 radical (unpaired) electrons. The Bertz CT molecular complexity index is 198. The van der Waals surface area contributed by atoms with Gasteiger partial charge in [0.15, 0.2) is 0 Å². The largest absolute Gasteiger partial charge is 0.466 e. The van der Waals surface area contributed by atoms with Crippen molar-refractivity contribution in [3.05, 3.63) is 0 Å².